The van der Waals surface area contributed by atoms with E-state index in [0.717, 1.165) is 12.2 Å². The van der Waals surface area contributed by atoms with Gasteiger partial charge in [-0.2, -0.15) is 0 Å². The van der Waals surface area contributed by atoms with Gasteiger partial charge in [-0.15, -0.1) is 0 Å². The van der Waals surface area contributed by atoms with Gasteiger partial charge in [0.2, 0.25) is 0 Å². The second-order valence-electron chi connectivity index (χ2n) is 5.52. The van der Waals surface area contributed by atoms with Gasteiger partial charge < -0.3 is 20.1 Å². The number of carbonyl (C=O) groups excluding carboxylic acids is 2. The summed E-state index contributed by atoms with van der Waals surface area (Å²) in [7, 11) is 0. The van der Waals surface area contributed by atoms with Crippen molar-refractivity contribution in [3.63, 3.8) is 0 Å². The average molecular weight is 356 g/mol. The van der Waals surface area contributed by atoms with E-state index < -0.39 is 0 Å². The molecule has 138 valence electrons. The summed E-state index contributed by atoms with van der Waals surface area (Å²) in [5, 5.41) is 5.41. The molecule has 2 aromatic carbocycles. The molecule has 26 heavy (non-hydrogen) atoms. The molecule has 6 heteroatoms. The van der Waals surface area contributed by atoms with Crippen LogP contribution in [0, 0.1) is 0 Å². The lowest BCUT2D eigenvalue weighted by Crippen LogP contribution is -2.32. The maximum Gasteiger partial charge on any atom is 0.338 e. The average Bonchev–Trinajstić information content (AvgIpc) is 2.66. The zero-order valence-electron chi connectivity index (χ0n) is 15.1. The number of anilines is 1. The molecule has 2 aromatic rings. The van der Waals surface area contributed by atoms with E-state index in [1.807, 2.05) is 24.3 Å². The highest BCUT2D eigenvalue weighted by molar-refractivity contribution is 5.92. The van der Waals surface area contributed by atoms with Crippen molar-refractivity contribution in [3.05, 3.63) is 59.7 Å². The molecule has 0 heterocycles. The molecule has 0 aromatic heterocycles. The number of esters is 1. The van der Waals surface area contributed by atoms with E-state index in [4.69, 9.17) is 9.47 Å². The number of aryl methyl sites for hydroxylation is 1. The monoisotopic (exact) mass is 356 g/mol. The highest BCUT2D eigenvalue weighted by Crippen LogP contribution is 2.12. The molecular formula is C20H24N2O4. The van der Waals surface area contributed by atoms with Crippen molar-refractivity contribution in [3.8, 4) is 5.75 Å². The van der Waals surface area contributed by atoms with Crippen molar-refractivity contribution in [2.45, 2.75) is 20.3 Å². The van der Waals surface area contributed by atoms with Gasteiger partial charge in [-0.05, 0) is 55.3 Å². The van der Waals surface area contributed by atoms with Crippen molar-refractivity contribution < 1.29 is 19.1 Å². The fourth-order valence-corrected chi connectivity index (χ4v) is 2.23. The van der Waals surface area contributed by atoms with E-state index in [-0.39, 0.29) is 12.0 Å². The number of amides is 2. The summed E-state index contributed by atoms with van der Waals surface area (Å²) in [6, 6.07) is 14.1. The molecule has 0 saturated heterocycles. The molecule has 0 fully saturated rings. The first kappa shape index (κ1) is 19.3. The third-order valence-electron chi connectivity index (χ3n) is 3.64. The maximum atomic E-state index is 11.9. The minimum Gasteiger partial charge on any atom is -0.492 e. The molecule has 0 aliphatic carbocycles. The molecule has 2 N–H and O–H groups in total. The van der Waals surface area contributed by atoms with Gasteiger partial charge >= 0.3 is 12.0 Å². The van der Waals surface area contributed by atoms with Crippen LogP contribution in [-0.4, -0.2) is 31.8 Å². The normalized spacial score (nSPS) is 10.1. The Bertz CT molecular complexity index is 712. The second kappa shape index (κ2) is 10.1. The van der Waals surface area contributed by atoms with Gasteiger partial charge in [0.05, 0.1) is 18.7 Å². The predicted molar refractivity (Wildman–Crippen MR) is 101 cm³/mol. The largest absolute Gasteiger partial charge is 0.492 e. The van der Waals surface area contributed by atoms with Crippen LogP contribution in [0.1, 0.15) is 29.8 Å². The first-order chi connectivity index (χ1) is 12.6. The molecule has 0 spiro atoms. The molecule has 6 nitrogen and oxygen atoms in total. The van der Waals surface area contributed by atoms with Gasteiger partial charge in [0.1, 0.15) is 12.4 Å². The Hall–Kier alpha value is -3.02. The Morgan fingerprint density at radius 2 is 1.65 bits per heavy atom. The lowest BCUT2D eigenvalue weighted by molar-refractivity contribution is 0.0526. The number of benzene rings is 2. The van der Waals surface area contributed by atoms with Crippen LogP contribution in [0.25, 0.3) is 0 Å². The highest BCUT2D eigenvalue weighted by atomic mass is 16.5. The molecule has 2 rings (SSSR count). The number of hydrogen-bond acceptors (Lipinski definition) is 4. The second-order valence-corrected chi connectivity index (χ2v) is 5.52. The number of carbonyl (C=O) groups is 2. The molecule has 0 radical (unpaired) electrons. The summed E-state index contributed by atoms with van der Waals surface area (Å²) in [6.45, 7) is 4.93. The van der Waals surface area contributed by atoms with E-state index in [1.165, 1.54) is 5.56 Å². The van der Waals surface area contributed by atoms with E-state index in [2.05, 4.69) is 17.6 Å². The molecule has 2 amide bonds. The molecule has 0 atom stereocenters. The lowest BCUT2D eigenvalue weighted by atomic mass is 10.2. The fraction of sp³-hybridized carbons (Fsp3) is 0.300. The summed E-state index contributed by atoms with van der Waals surface area (Å²) in [4.78, 5) is 23.4. The summed E-state index contributed by atoms with van der Waals surface area (Å²) >= 11 is 0. The predicted octanol–water partition coefficient (Wildman–Crippen LogP) is 3.63. The van der Waals surface area contributed by atoms with Crippen LogP contribution in [0.5, 0.6) is 5.75 Å². The molecule has 0 bridgehead atoms. The van der Waals surface area contributed by atoms with Crippen LogP contribution < -0.4 is 15.4 Å². The Kier molecular flexibility index (Phi) is 7.49. The van der Waals surface area contributed by atoms with Crippen molar-refractivity contribution in [1.29, 1.82) is 0 Å². The van der Waals surface area contributed by atoms with Crippen LogP contribution in [0.2, 0.25) is 0 Å². The minimum atomic E-state index is -0.382. The van der Waals surface area contributed by atoms with Crippen LogP contribution in [-0.2, 0) is 11.2 Å². The van der Waals surface area contributed by atoms with E-state index in [0.29, 0.717) is 31.0 Å². The third-order valence-corrected chi connectivity index (χ3v) is 3.64. The van der Waals surface area contributed by atoms with E-state index in [9.17, 15) is 9.59 Å². The van der Waals surface area contributed by atoms with Gasteiger partial charge in [-0.3, -0.25) is 0 Å². The molecule has 0 aliphatic rings. The van der Waals surface area contributed by atoms with Crippen molar-refractivity contribution >= 4 is 17.7 Å². The molecular weight excluding hydrogens is 332 g/mol. The first-order valence-electron chi connectivity index (χ1n) is 8.66. The van der Waals surface area contributed by atoms with Gasteiger partial charge in [0, 0.05) is 5.69 Å². The number of rotatable bonds is 8. The zero-order valence-corrected chi connectivity index (χ0v) is 15.1. The first-order valence-corrected chi connectivity index (χ1v) is 8.66. The van der Waals surface area contributed by atoms with Crippen molar-refractivity contribution in [2.75, 3.05) is 25.1 Å². The van der Waals surface area contributed by atoms with Crippen molar-refractivity contribution in [1.82, 2.24) is 5.32 Å². The topological polar surface area (TPSA) is 76.7 Å². The number of hydrogen-bond donors (Lipinski definition) is 2. The maximum absolute atomic E-state index is 11.9. The highest BCUT2D eigenvalue weighted by Gasteiger charge is 2.07. The lowest BCUT2D eigenvalue weighted by Gasteiger charge is -2.10. The Balaban J connectivity index is 1.70. The van der Waals surface area contributed by atoms with Gasteiger partial charge in [0.25, 0.3) is 0 Å². The molecule has 0 saturated carbocycles. The van der Waals surface area contributed by atoms with E-state index in [1.54, 1.807) is 31.2 Å². The smallest absolute Gasteiger partial charge is 0.338 e. The summed E-state index contributed by atoms with van der Waals surface area (Å²) < 4.78 is 10.5. The molecule has 0 aliphatic heterocycles. The molecule has 0 unspecified atom stereocenters. The number of urea groups is 1. The van der Waals surface area contributed by atoms with Crippen molar-refractivity contribution in [2.24, 2.45) is 0 Å². The third kappa shape index (κ3) is 6.12. The fourth-order valence-electron chi connectivity index (χ4n) is 2.23. The van der Waals surface area contributed by atoms with Gasteiger partial charge in [-0.25, -0.2) is 9.59 Å². The number of nitrogens with one attached hydrogen (secondary N) is 2. The van der Waals surface area contributed by atoms with Crippen LogP contribution in [0.3, 0.4) is 0 Å². The quantitative estimate of drug-likeness (QED) is 0.559. The van der Waals surface area contributed by atoms with Crippen LogP contribution in [0.15, 0.2) is 48.5 Å². The summed E-state index contributed by atoms with van der Waals surface area (Å²) in [5.74, 6) is 0.395. The van der Waals surface area contributed by atoms with E-state index >= 15 is 0 Å². The Morgan fingerprint density at radius 1 is 0.962 bits per heavy atom. The standard InChI is InChI=1S/C20H24N2O4/c1-3-15-5-11-18(12-6-15)26-14-13-21-20(24)22-17-9-7-16(8-10-17)19(23)25-4-2/h5-12H,3-4,13-14H2,1-2H3,(H2,21,22,24). The number of ether oxygens (including phenoxy) is 2. The Labute approximate surface area is 153 Å². The van der Waals surface area contributed by atoms with Crippen LogP contribution in [0.4, 0.5) is 10.5 Å². The summed E-state index contributed by atoms with van der Waals surface area (Å²) in [6.07, 6.45) is 0.989. The zero-order chi connectivity index (χ0) is 18.8. The van der Waals surface area contributed by atoms with Crippen LogP contribution >= 0.6 is 0 Å². The van der Waals surface area contributed by atoms with Gasteiger partial charge in [-0.1, -0.05) is 19.1 Å². The summed E-state index contributed by atoms with van der Waals surface area (Å²) in [5.41, 5.74) is 2.29. The van der Waals surface area contributed by atoms with Gasteiger partial charge in [0.15, 0.2) is 0 Å². The SMILES string of the molecule is CCOC(=O)c1ccc(NC(=O)NCCOc2ccc(CC)cc2)cc1. The minimum absolute atomic E-state index is 0.325. The Morgan fingerprint density at radius 3 is 2.27 bits per heavy atom.